The minimum absolute atomic E-state index is 0.259. The van der Waals surface area contributed by atoms with Crippen LogP contribution in [0.5, 0.6) is 0 Å². The van der Waals surface area contributed by atoms with Crippen LogP contribution in [0, 0.1) is 6.92 Å². The molecule has 1 fully saturated rings. The van der Waals surface area contributed by atoms with Gasteiger partial charge in [-0.05, 0) is 37.4 Å². The van der Waals surface area contributed by atoms with Gasteiger partial charge in [-0.15, -0.1) is 0 Å². The molecule has 1 aliphatic heterocycles. The maximum absolute atomic E-state index is 11.2. The number of hydrogen-bond donors (Lipinski definition) is 1. The van der Waals surface area contributed by atoms with Crippen LogP contribution in [-0.2, 0) is 11.5 Å². The largest absolute Gasteiger partial charge is 0.465 e. The molecule has 7 nitrogen and oxygen atoms in total. The standard InChI is InChI=1S/C19H30N4O3Si/c1-14-5-8-20-18-16(14)17(15-6-9-22(10-7-15)19(24)25)21-23(18)13-26-11-12-27(2,3)4/h5,8,15H,6-7,9-13H2,1-4H3,(H,24,25). The van der Waals surface area contributed by atoms with Gasteiger partial charge in [-0.2, -0.15) is 5.10 Å². The summed E-state index contributed by atoms with van der Waals surface area (Å²) in [7, 11) is -1.12. The summed E-state index contributed by atoms with van der Waals surface area (Å²) in [5.41, 5.74) is 3.05. The SMILES string of the molecule is Cc1ccnc2c1c(C1CCN(C(=O)O)CC1)nn2COCC[Si](C)(C)C. The molecule has 0 radical (unpaired) electrons. The predicted octanol–water partition coefficient (Wildman–Crippen LogP) is 3.91. The van der Waals surface area contributed by atoms with Gasteiger partial charge in [0, 0.05) is 45.3 Å². The molecule has 0 spiro atoms. The lowest BCUT2D eigenvalue weighted by atomic mass is 9.91. The first-order valence-electron chi connectivity index (χ1n) is 9.64. The summed E-state index contributed by atoms with van der Waals surface area (Å²) in [6.45, 7) is 11.4. The van der Waals surface area contributed by atoms with Crippen molar-refractivity contribution in [3.8, 4) is 0 Å². The number of pyridine rings is 1. The van der Waals surface area contributed by atoms with Crippen LogP contribution in [0.15, 0.2) is 12.3 Å². The van der Waals surface area contributed by atoms with Crippen LogP contribution in [0.3, 0.4) is 0 Å². The van der Waals surface area contributed by atoms with Crippen molar-refractivity contribution in [3.05, 3.63) is 23.5 Å². The molecule has 0 aliphatic carbocycles. The number of carboxylic acid groups (broad SMARTS) is 1. The summed E-state index contributed by atoms with van der Waals surface area (Å²) in [6, 6.07) is 3.13. The molecule has 1 saturated heterocycles. The molecule has 2 aromatic heterocycles. The van der Waals surface area contributed by atoms with E-state index >= 15 is 0 Å². The Hall–Kier alpha value is -1.93. The fourth-order valence-corrected chi connectivity index (χ4v) is 4.29. The summed E-state index contributed by atoms with van der Waals surface area (Å²) in [5.74, 6) is 0.259. The van der Waals surface area contributed by atoms with E-state index in [1.807, 2.05) is 16.9 Å². The van der Waals surface area contributed by atoms with Gasteiger partial charge in [0.05, 0.1) is 5.69 Å². The van der Waals surface area contributed by atoms with Gasteiger partial charge in [0.2, 0.25) is 0 Å². The molecule has 27 heavy (non-hydrogen) atoms. The third-order valence-electron chi connectivity index (χ3n) is 5.23. The van der Waals surface area contributed by atoms with Gasteiger partial charge in [0.25, 0.3) is 0 Å². The normalized spacial score (nSPS) is 16.2. The Morgan fingerprint density at radius 1 is 1.33 bits per heavy atom. The van der Waals surface area contributed by atoms with Crippen molar-refractivity contribution in [3.63, 3.8) is 0 Å². The van der Waals surface area contributed by atoms with Crippen molar-refractivity contribution in [2.45, 2.75) is 58.1 Å². The van der Waals surface area contributed by atoms with E-state index in [0.29, 0.717) is 19.8 Å². The number of carbonyl (C=O) groups is 1. The van der Waals surface area contributed by atoms with Crippen molar-refractivity contribution in [1.82, 2.24) is 19.7 Å². The number of rotatable bonds is 6. The molecule has 148 valence electrons. The second-order valence-electron chi connectivity index (χ2n) is 8.60. The average Bonchev–Trinajstić information content (AvgIpc) is 2.98. The summed E-state index contributed by atoms with van der Waals surface area (Å²) in [6.07, 6.45) is 2.57. The monoisotopic (exact) mass is 390 g/mol. The first kappa shape index (κ1) is 19.8. The number of hydrogen-bond acceptors (Lipinski definition) is 4. The van der Waals surface area contributed by atoms with Gasteiger partial charge >= 0.3 is 6.09 Å². The number of aryl methyl sites for hydroxylation is 1. The van der Waals surface area contributed by atoms with E-state index in [1.165, 1.54) is 4.90 Å². The minimum Gasteiger partial charge on any atom is -0.465 e. The van der Waals surface area contributed by atoms with E-state index in [2.05, 4.69) is 31.5 Å². The number of fused-ring (bicyclic) bond motifs is 1. The van der Waals surface area contributed by atoms with Crippen molar-refractivity contribution < 1.29 is 14.6 Å². The molecule has 1 amide bonds. The predicted molar refractivity (Wildman–Crippen MR) is 108 cm³/mol. The molecule has 0 saturated carbocycles. The topological polar surface area (TPSA) is 80.5 Å². The summed E-state index contributed by atoms with van der Waals surface area (Å²) >= 11 is 0. The third-order valence-corrected chi connectivity index (χ3v) is 6.93. The molecule has 3 heterocycles. The molecular weight excluding hydrogens is 360 g/mol. The van der Waals surface area contributed by atoms with Crippen LogP contribution < -0.4 is 0 Å². The van der Waals surface area contributed by atoms with Gasteiger partial charge in [0.15, 0.2) is 5.65 Å². The number of likely N-dealkylation sites (tertiary alicyclic amines) is 1. The molecule has 3 rings (SSSR count). The van der Waals surface area contributed by atoms with Crippen LogP contribution in [0.1, 0.15) is 30.0 Å². The van der Waals surface area contributed by atoms with E-state index in [0.717, 1.165) is 47.8 Å². The number of ether oxygens (including phenoxy) is 1. The molecule has 0 bridgehead atoms. The average molecular weight is 391 g/mol. The zero-order chi connectivity index (χ0) is 19.6. The Kier molecular flexibility index (Phi) is 5.85. The lowest BCUT2D eigenvalue weighted by Gasteiger charge is -2.29. The highest BCUT2D eigenvalue weighted by Gasteiger charge is 2.28. The molecule has 2 aromatic rings. The molecular formula is C19H30N4O3Si. The smallest absolute Gasteiger partial charge is 0.407 e. The molecule has 0 unspecified atom stereocenters. The van der Waals surface area contributed by atoms with Crippen LogP contribution in [-0.4, -0.2) is 58.6 Å². The minimum atomic E-state index is -1.12. The summed E-state index contributed by atoms with van der Waals surface area (Å²) in [5, 5.41) is 15.1. The highest BCUT2D eigenvalue weighted by Crippen LogP contribution is 2.33. The Labute approximate surface area is 161 Å². The number of aromatic nitrogens is 3. The van der Waals surface area contributed by atoms with Gasteiger partial charge in [-0.3, -0.25) is 0 Å². The lowest BCUT2D eigenvalue weighted by molar-refractivity contribution is 0.0806. The van der Waals surface area contributed by atoms with Crippen molar-refractivity contribution in [1.29, 1.82) is 0 Å². The molecule has 8 heteroatoms. The first-order chi connectivity index (χ1) is 12.8. The van der Waals surface area contributed by atoms with Crippen LogP contribution in [0.25, 0.3) is 11.0 Å². The highest BCUT2D eigenvalue weighted by molar-refractivity contribution is 6.76. The van der Waals surface area contributed by atoms with E-state index in [1.54, 1.807) is 0 Å². The summed E-state index contributed by atoms with van der Waals surface area (Å²) < 4.78 is 7.77. The quantitative estimate of drug-likeness (QED) is 0.597. The third kappa shape index (κ3) is 4.68. The molecule has 1 aliphatic rings. The summed E-state index contributed by atoms with van der Waals surface area (Å²) in [4.78, 5) is 17.2. The van der Waals surface area contributed by atoms with Crippen LogP contribution in [0.2, 0.25) is 25.7 Å². The lowest BCUT2D eigenvalue weighted by Crippen LogP contribution is -2.36. The van der Waals surface area contributed by atoms with E-state index < -0.39 is 14.2 Å². The first-order valence-corrected chi connectivity index (χ1v) is 13.3. The van der Waals surface area contributed by atoms with Gasteiger partial charge in [-0.25, -0.2) is 14.5 Å². The second-order valence-corrected chi connectivity index (χ2v) is 14.2. The van der Waals surface area contributed by atoms with E-state index in [9.17, 15) is 9.90 Å². The van der Waals surface area contributed by atoms with Crippen LogP contribution in [0.4, 0.5) is 4.79 Å². The number of amides is 1. The van der Waals surface area contributed by atoms with Gasteiger partial charge < -0.3 is 14.7 Å². The van der Waals surface area contributed by atoms with Gasteiger partial charge in [0.1, 0.15) is 6.73 Å². The fourth-order valence-electron chi connectivity index (χ4n) is 3.53. The molecule has 0 aromatic carbocycles. The Bertz CT molecular complexity index is 807. The molecule has 1 N–H and O–H groups in total. The molecule has 0 atom stereocenters. The van der Waals surface area contributed by atoms with Crippen molar-refractivity contribution >= 4 is 25.2 Å². The van der Waals surface area contributed by atoms with E-state index in [-0.39, 0.29) is 5.92 Å². The Morgan fingerprint density at radius 3 is 2.67 bits per heavy atom. The van der Waals surface area contributed by atoms with Crippen molar-refractivity contribution in [2.75, 3.05) is 19.7 Å². The second kappa shape index (κ2) is 7.98. The Balaban J connectivity index is 1.79. The highest BCUT2D eigenvalue weighted by atomic mass is 28.3. The maximum Gasteiger partial charge on any atom is 0.407 e. The van der Waals surface area contributed by atoms with Gasteiger partial charge in [-0.1, -0.05) is 19.6 Å². The van der Waals surface area contributed by atoms with Crippen molar-refractivity contribution in [2.24, 2.45) is 0 Å². The zero-order valence-corrected chi connectivity index (χ0v) is 17.7. The zero-order valence-electron chi connectivity index (χ0n) is 16.7. The van der Waals surface area contributed by atoms with E-state index in [4.69, 9.17) is 9.84 Å². The number of nitrogens with zero attached hydrogens (tertiary/aromatic N) is 4. The number of piperidine rings is 1. The Morgan fingerprint density at radius 2 is 2.04 bits per heavy atom. The van der Waals surface area contributed by atoms with Crippen LogP contribution >= 0.6 is 0 Å². The fraction of sp³-hybridized carbons (Fsp3) is 0.632. The maximum atomic E-state index is 11.2.